The Hall–Kier alpha value is -0.860. The van der Waals surface area contributed by atoms with E-state index in [-0.39, 0.29) is 0 Å². The Morgan fingerprint density at radius 1 is 1.17 bits per heavy atom. The van der Waals surface area contributed by atoms with Gasteiger partial charge in [0, 0.05) is 25.2 Å². The van der Waals surface area contributed by atoms with Gasteiger partial charge in [0.15, 0.2) is 0 Å². The number of nitrogens with one attached hydrogen (secondary N) is 1. The molecule has 1 aromatic rings. The van der Waals surface area contributed by atoms with E-state index < -0.39 is 0 Å². The summed E-state index contributed by atoms with van der Waals surface area (Å²) in [6, 6.07) is 10.6. The monoisotopic (exact) mass is 244 g/mol. The van der Waals surface area contributed by atoms with E-state index in [4.69, 9.17) is 0 Å². The van der Waals surface area contributed by atoms with E-state index in [1.807, 2.05) is 0 Å². The molecule has 1 atom stereocenters. The number of nitrogens with zero attached hydrogens (tertiary/aromatic N) is 1. The molecule has 2 fully saturated rings. The zero-order chi connectivity index (χ0) is 12.4. The third-order valence-corrected chi connectivity index (χ3v) is 4.22. The summed E-state index contributed by atoms with van der Waals surface area (Å²) in [5.74, 6) is 0. The molecule has 1 heterocycles. The molecule has 18 heavy (non-hydrogen) atoms. The fraction of sp³-hybridized carbons (Fsp3) is 0.625. The quantitative estimate of drug-likeness (QED) is 0.856. The van der Waals surface area contributed by atoms with Crippen molar-refractivity contribution in [3.8, 4) is 0 Å². The van der Waals surface area contributed by atoms with Crippen molar-refractivity contribution in [1.29, 1.82) is 0 Å². The van der Waals surface area contributed by atoms with Crippen molar-refractivity contribution in [2.75, 3.05) is 13.1 Å². The fourth-order valence-electron chi connectivity index (χ4n) is 2.85. The Morgan fingerprint density at radius 2 is 1.94 bits per heavy atom. The van der Waals surface area contributed by atoms with Crippen LogP contribution >= 0.6 is 0 Å². The summed E-state index contributed by atoms with van der Waals surface area (Å²) < 4.78 is 0. The van der Waals surface area contributed by atoms with Gasteiger partial charge in [-0.2, -0.15) is 0 Å². The molecule has 1 aromatic carbocycles. The Kier molecular flexibility index (Phi) is 3.67. The smallest absolute Gasteiger partial charge is 0.0237 e. The first-order chi connectivity index (χ1) is 8.81. The van der Waals surface area contributed by atoms with Gasteiger partial charge in [-0.3, -0.25) is 4.90 Å². The second kappa shape index (κ2) is 5.41. The van der Waals surface area contributed by atoms with Crippen LogP contribution in [-0.2, 0) is 6.54 Å². The van der Waals surface area contributed by atoms with Crippen LogP contribution in [0.4, 0.5) is 0 Å². The maximum absolute atomic E-state index is 3.68. The van der Waals surface area contributed by atoms with Crippen LogP contribution < -0.4 is 5.32 Å². The summed E-state index contributed by atoms with van der Waals surface area (Å²) >= 11 is 0. The van der Waals surface area contributed by atoms with Crippen LogP contribution in [0.1, 0.15) is 36.8 Å². The molecule has 1 saturated heterocycles. The molecule has 98 valence electrons. The summed E-state index contributed by atoms with van der Waals surface area (Å²) in [4.78, 5) is 2.65. The number of aryl methyl sites for hydroxylation is 1. The van der Waals surface area contributed by atoms with Gasteiger partial charge in [-0.25, -0.2) is 0 Å². The van der Waals surface area contributed by atoms with Crippen LogP contribution in [0.5, 0.6) is 0 Å². The highest BCUT2D eigenvalue weighted by molar-refractivity contribution is 5.21. The number of hydrogen-bond donors (Lipinski definition) is 1. The first kappa shape index (κ1) is 12.2. The number of rotatable bonds is 5. The molecular formula is C16H24N2. The summed E-state index contributed by atoms with van der Waals surface area (Å²) in [5, 5.41) is 3.68. The third-order valence-electron chi connectivity index (χ3n) is 4.22. The molecular weight excluding hydrogens is 220 g/mol. The van der Waals surface area contributed by atoms with E-state index in [9.17, 15) is 0 Å². The van der Waals surface area contributed by atoms with Crippen molar-refractivity contribution < 1.29 is 0 Å². The lowest BCUT2D eigenvalue weighted by atomic mass is 10.1. The molecule has 1 unspecified atom stereocenters. The summed E-state index contributed by atoms with van der Waals surface area (Å²) in [6.45, 7) is 5.74. The molecule has 0 aromatic heterocycles. The van der Waals surface area contributed by atoms with Crippen LogP contribution in [0, 0.1) is 6.92 Å². The minimum atomic E-state index is 0.756. The Bertz CT molecular complexity index is 381. The van der Waals surface area contributed by atoms with Crippen molar-refractivity contribution in [3.63, 3.8) is 0 Å². The van der Waals surface area contributed by atoms with Crippen LogP contribution in [0.2, 0.25) is 0 Å². The SMILES string of the molecule is Cc1ccc(CN2CCCC2CNC2CC2)cc1. The largest absolute Gasteiger partial charge is 0.312 e. The highest BCUT2D eigenvalue weighted by Gasteiger charge is 2.27. The van der Waals surface area contributed by atoms with Crippen LogP contribution in [-0.4, -0.2) is 30.1 Å². The lowest BCUT2D eigenvalue weighted by Gasteiger charge is -2.25. The predicted molar refractivity (Wildman–Crippen MR) is 75.6 cm³/mol. The number of hydrogen-bond acceptors (Lipinski definition) is 2. The van der Waals surface area contributed by atoms with E-state index in [0.29, 0.717) is 0 Å². The lowest BCUT2D eigenvalue weighted by Crippen LogP contribution is -2.38. The summed E-state index contributed by atoms with van der Waals surface area (Å²) in [7, 11) is 0. The number of benzene rings is 1. The standard InChI is InChI=1S/C16H24N2/c1-13-4-6-14(7-5-13)12-18-10-2-3-16(18)11-17-15-8-9-15/h4-7,15-17H,2-3,8-12H2,1H3. The average Bonchev–Trinajstić information content (AvgIpc) is 3.11. The molecule has 2 heteroatoms. The van der Waals surface area contributed by atoms with Gasteiger partial charge < -0.3 is 5.32 Å². The molecule has 2 aliphatic rings. The summed E-state index contributed by atoms with van der Waals surface area (Å²) in [5.41, 5.74) is 2.81. The predicted octanol–water partition coefficient (Wildman–Crippen LogP) is 2.71. The normalized spacial score (nSPS) is 24.6. The van der Waals surface area contributed by atoms with Crippen molar-refractivity contribution >= 4 is 0 Å². The molecule has 1 aliphatic heterocycles. The van der Waals surface area contributed by atoms with Gasteiger partial charge in [0.05, 0.1) is 0 Å². The Labute approximate surface area is 110 Å². The van der Waals surface area contributed by atoms with Crippen molar-refractivity contribution in [1.82, 2.24) is 10.2 Å². The molecule has 1 aliphatic carbocycles. The first-order valence-electron chi connectivity index (χ1n) is 7.34. The topological polar surface area (TPSA) is 15.3 Å². The van der Waals surface area contributed by atoms with Gasteiger partial charge in [0.1, 0.15) is 0 Å². The maximum atomic E-state index is 3.68. The average molecular weight is 244 g/mol. The minimum absolute atomic E-state index is 0.756. The van der Waals surface area contributed by atoms with Gasteiger partial charge in [-0.05, 0) is 44.7 Å². The first-order valence-corrected chi connectivity index (χ1v) is 7.34. The number of likely N-dealkylation sites (tertiary alicyclic amines) is 1. The van der Waals surface area contributed by atoms with E-state index in [2.05, 4.69) is 41.4 Å². The fourth-order valence-corrected chi connectivity index (χ4v) is 2.85. The molecule has 0 radical (unpaired) electrons. The van der Waals surface area contributed by atoms with Gasteiger partial charge in [-0.15, -0.1) is 0 Å². The summed E-state index contributed by atoms with van der Waals surface area (Å²) in [6.07, 6.45) is 5.52. The van der Waals surface area contributed by atoms with E-state index in [1.165, 1.54) is 49.9 Å². The van der Waals surface area contributed by atoms with Gasteiger partial charge in [0.25, 0.3) is 0 Å². The van der Waals surface area contributed by atoms with Gasteiger partial charge in [-0.1, -0.05) is 29.8 Å². The van der Waals surface area contributed by atoms with Crippen molar-refractivity contribution in [2.45, 2.75) is 51.2 Å². The van der Waals surface area contributed by atoms with E-state index >= 15 is 0 Å². The Balaban J connectivity index is 1.54. The highest BCUT2D eigenvalue weighted by Crippen LogP contribution is 2.22. The highest BCUT2D eigenvalue weighted by atomic mass is 15.2. The molecule has 1 N–H and O–H groups in total. The Morgan fingerprint density at radius 3 is 2.67 bits per heavy atom. The van der Waals surface area contributed by atoms with E-state index in [0.717, 1.165) is 18.6 Å². The zero-order valence-electron chi connectivity index (χ0n) is 11.4. The lowest BCUT2D eigenvalue weighted by molar-refractivity contribution is 0.239. The minimum Gasteiger partial charge on any atom is -0.312 e. The van der Waals surface area contributed by atoms with Crippen molar-refractivity contribution in [2.24, 2.45) is 0 Å². The molecule has 0 spiro atoms. The second-order valence-corrected chi connectivity index (χ2v) is 5.93. The molecule has 1 saturated carbocycles. The molecule has 2 nitrogen and oxygen atoms in total. The van der Waals surface area contributed by atoms with Crippen LogP contribution in [0.25, 0.3) is 0 Å². The van der Waals surface area contributed by atoms with E-state index in [1.54, 1.807) is 0 Å². The van der Waals surface area contributed by atoms with Gasteiger partial charge >= 0.3 is 0 Å². The van der Waals surface area contributed by atoms with Crippen LogP contribution in [0.3, 0.4) is 0 Å². The molecule has 0 bridgehead atoms. The third kappa shape index (κ3) is 3.12. The van der Waals surface area contributed by atoms with Crippen LogP contribution in [0.15, 0.2) is 24.3 Å². The van der Waals surface area contributed by atoms with Crippen molar-refractivity contribution in [3.05, 3.63) is 35.4 Å². The van der Waals surface area contributed by atoms with Gasteiger partial charge in [0.2, 0.25) is 0 Å². The molecule has 0 amide bonds. The maximum Gasteiger partial charge on any atom is 0.0237 e. The molecule has 3 rings (SSSR count). The second-order valence-electron chi connectivity index (χ2n) is 5.93. The zero-order valence-corrected chi connectivity index (χ0v) is 11.4.